The fraction of sp³-hybridized carbons (Fsp3) is 0.292. The predicted molar refractivity (Wildman–Crippen MR) is 124 cm³/mol. The summed E-state index contributed by atoms with van der Waals surface area (Å²) in [4.78, 5) is 12.6. The standard InChI is InChI=1S/C24H27FN4O2S/c1-4-14-29-22(16-31-21-13-9-8-12-20(21)25)27-28-24(29)32-18(3)23(30)26-15-17(2)19-10-6-5-7-11-19/h4-13,17-18H,1,14-16H2,2-3H3,(H,26,30). The van der Waals surface area contributed by atoms with Crippen LogP contribution in [-0.4, -0.2) is 32.5 Å². The molecular formula is C24H27FN4O2S. The second-order valence-corrected chi connectivity index (χ2v) is 8.64. The van der Waals surface area contributed by atoms with Crippen LogP contribution >= 0.6 is 11.8 Å². The number of ether oxygens (including phenoxy) is 1. The van der Waals surface area contributed by atoms with E-state index in [9.17, 15) is 9.18 Å². The van der Waals surface area contributed by atoms with Crippen molar-refractivity contribution in [2.45, 2.75) is 43.3 Å². The zero-order chi connectivity index (χ0) is 22.9. The zero-order valence-corrected chi connectivity index (χ0v) is 19.0. The molecule has 8 heteroatoms. The highest BCUT2D eigenvalue weighted by Crippen LogP contribution is 2.24. The minimum Gasteiger partial charge on any atom is -0.483 e. The summed E-state index contributed by atoms with van der Waals surface area (Å²) in [7, 11) is 0. The van der Waals surface area contributed by atoms with Gasteiger partial charge in [0.15, 0.2) is 22.5 Å². The highest BCUT2D eigenvalue weighted by atomic mass is 32.2. The van der Waals surface area contributed by atoms with E-state index in [4.69, 9.17) is 4.74 Å². The number of para-hydroxylation sites is 1. The molecule has 0 aliphatic carbocycles. The number of amides is 1. The first-order chi connectivity index (χ1) is 15.5. The summed E-state index contributed by atoms with van der Waals surface area (Å²) in [5.74, 6) is 0.377. The molecule has 6 nitrogen and oxygen atoms in total. The molecule has 0 aliphatic rings. The molecule has 0 fully saturated rings. The first kappa shape index (κ1) is 23.5. The van der Waals surface area contributed by atoms with Gasteiger partial charge in [0, 0.05) is 13.1 Å². The van der Waals surface area contributed by atoms with Gasteiger partial charge < -0.3 is 10.1 Å². The molecule has 168 valence electrons. The topological polar surface area (TPSA) is 69.0 Å². The SMILES string of the molecule is C=CCn1c(COc2ccccc2F)nnc1SC(C)C(=O)NCC(C)c1ccccc1. The van der Waals surface area contributed by atoms with Gasteiger partial charge in [0.1, 0.15) is 6.61 Å². The molecule has 1 aromatic heterocycles. The quantitative estimate of drug-likeness (QED) is 0.339. The van der Waals surface area contributed by atoms with Gasteiger partial charge in [0.2, 0.25) is 5.91 Å². The van der Waals surface area contributed by atoms with Gasteiger partial charge in [0.05, 0.1) is 5.25 Å². The Hall–Kier alpha value is -3.13. The number of rotatable bonds is 11. The van der Waals surface area contributed by atoms with E-state index in [1.54, 1.807) is 24.3 Å². The van der Waals surface area contributed by atoms with Gasteiger partial charge in [-0.25, -0.2) is 4.39 Å². The first-order valence-electron chi connectivity index (χ1n) is 10.4. The maximum Gasteiger partial charge on any atom is 0.233 e. The second kappa shape index (κ2) is 11.5. The lowest BCUT2D eigenvalue weighted by Gasteiger charge is -2.16. The van der Waals surface area contributed by atoms with E-state index in [-0.39, 0.29) is 29.4 Å². The lowest BCUT2D eigenvalue weighted by Crippen LogP contribution is -2.33. The lowest BCUT2D eigenvalue weighted by atomic mass is 10.0. The molecule has 0 bridgehead atoms. The molecule has 1 N–H and O–H groups in total. The van der Waals surface area contributed by atoms with Crippen LogP contribution in [0.3, 0.4) is 0 Å². The van der Waals surface area contributed by atoms with Gasteiger partial charge in [-0.05, 0) is 30.5 Å². The minimum atomic E-state index is -0.438. The van der Waals surface area contributed by atoms with E-state index < -0.39 is 5.82 Å². The summed E-state index contributed by atoms with van der Waals surface area (Å²) in [6.07, 6.45) is 1.71. The molecule has 1 heterocycles. The van der Waals surface area contributed by atoms with Crippen LogP contribution in [0, 0.1) is 5.82 Å². The normalized spacial score (nSPS) is 12.7. The Morgan fingerprint density at radius 2 is 1.91 bits per heavy atom. The monoisotopic (exact) mass is 454 g/mol. The summed E-state index contributed by atoms with van der Waals surface area (Å²) >= 11 is 1.31. The van der Waals surface area contributed by atoms with Crippen LogP contribution in [-0.2, 0) is 17.9 Å². The lowest BCUT2D eigenvalue weighted by molar-refractivity contribution is -0.120. The van der Waals surface area contributed by atoms with Crippen molar-refractivity contribution in [2.75, 3.05) is 6.54 Å². The summed E-state index contributed by atoms with van der Waals surface area (Å²) in [5.41, 5.74) is 1.18. The van der Waals surface area contributed by atoms with E-state index in [2.05, 4.69) is 41.1 Å². The van der Waals surface area contributed by atoms with E-state index in [1.807, 2.05) is 29.7 Å². The van der Waals surface area contributed by atoms with E-state index >= 15 is 0 Å². The maximum atomic E-state index is 13.8. The van der Waals surface area contributed by atoms with Crippen molar-refractivity contribution in [3.63, 3.8) is 0 Å². The predicted octanol–water partition coefficient (Wildman–Crippen LogP) is 4.58. The van der Waals surface area contributed by atoms with Gasteiger partial charge in [0.25, 0.3) is 0 Å². The Balaban J connectivity index is 1.60. The van der Waals surface area contributed by atoms with Crippen LogP contribution in [0.25, 0.3) is 0 Å². The van der Waals surface area contributed by atoms with Crippen molar-refractivity contribution < 1.29 is 13.9 Å². The Morgan fingerprint density at radius 1 is 1.19 bits per heavy atom. The third kappa shape index (κ3) is 6.20. The zero-order valence-electron chi connectivity index (χ0n) is 18.2. The molecule has 32 heavy (non-hydrogen) atoms. The average Bonchev–Trinajstić information content (AvgIpc) is 3.18. The molecular weight excluding hydrogens is 427 g/mol. The van der Waals surface area contributed by atoms with Crippen LogP contribution in [0.1, 0.15) is 31.2 Å². The molecule has 0 saturated carbocycles. The minimum absolute atomic E-state index is 0.0531. The average molecular weight is 455 g/mol. The Morgan fingerprint density at radius 3 is 2.62 bits per heavy atom. The maximum absolute atomic E-state index is 13.8. The van der Waals surface area contributed by atoms with Gasteiger partial charge in [-0.15, -0.1) is 16.8 Å². The summed E-state index contributed by atoms with van der Waals surface area (Å²) in [6.45, 7) is 8.74. The molecule has 0 saturated heterocycles. The van der Waals surface area contributed by atoms with E-state index in [0.717, 1.165) is 0 Å². The molecule has 2 aromatic carbocycles. The highest BCUT2D eigenvalue weighted by Gasteiger charge is 2.21. The molecule has 1 amide bonds. The molecule has 2 unspecified atom stereocenters. The van der Waals surface area contributed by atoms with Crippen molar-refractivity contribution in [3.05, 3.63) is 84.5 Å². The number of nitrogens with zero attached hydrogens (tertiary/aromatic N) is 3. The Kier molecular flexibility index (Phi) is 8.44. The van der Waals surface area contributed by atoms with Crippen molar-refractivity contribution >= 4 is 17.7 Å². The van der Waals surface area contributed by atoms with Crippen molar-refractivity contribution in [1.82, 2.24) is 20.1 Å². The first-order valence-corrected chi connectivity index (χ1v) is 11.3. The van der Waals surface area contributed by atoms with Gasteiger partial charge in [-0.2, -0.15) is 0 Å². The number of hydrogen-bond acceptors (Lipinski definition) is 5. The molecule has 0 aliphatic heterocycles. The fourth-order valence-corrected chi connectivity index (χ4v) is 3.94. The molecule has 0 radical (unpaired) electrons. The van der Waals surface area contributed by atoms with Crippen molar-refractivity contribution in [1.29, 1.82) is 0 Å². The van der Waals surface area contributed by atoms with E-state index in [1.165, 1.54) is 23.4 Å². The largest absolute Gasteiger partial charge is 0.483 e. The number of nitrogens with one attached hydrogen (secondary N) is 1. The number of aromatic nitrogens is 3. The summed E-state index contributed by atoms with van der Waals surface area (Å²) in [6, 6.07) is 16.3. The number of hydrogen-bond donors (Lipinski definition) is 1. The third-order valence-corrected chi connectivity index (χ3v) is 5.98. The number of thioether (sulfide) groups is 1. The molecule has 3 rings (SSSR count). The summed E-state index contributed by atoms with van der Waals surface area (Å²) < 4.78 is 21.2. The number of carbonyl (C=O) groups excluding carboxylic acids is 1. The van der Waals surface area contributed by atoms with Crippen molar-refractivity contribution in [2.24, 2.45) is 0 Å². The second-order valence-electron chi connectivity index (χ2n) is 7.33. The van der Waals surface area contributed by atoms with Gasteiger partial charge in [-0.3, -0.25) is 9.36 Å². The van der Waals surface area contributed by atoms with Crippen LogP contribution in [0.4, 0.5) is 4.39 Å². The molecule has 3 aromatic rings. The molecule has 2 atom stereocenters. The Bertz CT molecular complexity index is 1040. The van der Waals surface area contributed by atoms with Crippen LogP contribution in [0.15, 0.2) is 72.4 Å². The van der Waals surface area contributed by atoms with Crippen LogP contribution < -0.4 is 10.1 Å². The number of allylic oxidation sites excluding steroid dienone is 1. The Labute approximate surface area is 191 Å². The number of carbonyl (C=O) groups is 1. The molecule has 0 spiro atoms. The highest BCUT2D eigenvalue weighted by molar-refractivity contribution is 8.00. The van der Waals surface area contributed by atoms with Crippen LogP contribution in [0.5, 0.6) is 5.75 Å². The van der Waals surface area contributed by atoms with Crippen LogP contribution in [0.2, 0.25) is 0 Å². The summed E-state index contributed by atoms with van der Waals surface area (Å²) in [5, 5.41) is 11.6. The van der Waals surface area contributed by atoms with E-state index in [0.29, 0.717) is 24.1 Å². The van der Waals surface area contributed by atoms with Crippen molar-refractivity contribution in [3.8, 4) is 5.75 Å². The number of benzene rings is 2. The number of halogens is 1. The fourth-order valence-electron chi connectivity index (χ4n) is 3.04. The van der Waals surface area contributed by atoms with Gasteiger partial charge in [-0.1, -0.05) is 67.2 Å². The smallest absolute Gasteiger partial charge is 0.233 e. The third-order valence-electron chi connectivity index (χ3n) is 4.90. The van der Waals surface area contributed by atoms with Gasteiger partial charge >= 0.3 is 0 Å².